The van der Waals surface area contributed by atoms with E-state index in [0.717, 1.165) is 5.75 Å². The van der Waals surface area contributed by atoms with Crippen molar-refractivity contribution in [2.24, 2.45) is 5.41 Å². The molecule has 3 amide bonds. The molecule has 27 heavy (non-hydrogen) atoms. The van der Waals surface area contributed by atoms with Gasteiger partial charge in [-0.3, -0.25) is 14.4 Å². The summed E-state index contributed by atoms with van der Waals surface area (Å²) >= 11 is 0. The third-order valence-electron chi connectivity index (χ3n) is 2.99. The summed E-state index contributed by atoms with van der Waals surface area (Å²) in [5.74, 6) is 0.189. The van der Waals surface area contributed by atoms with Gasteiger partial charge in [0.2, 0.25) is 11.8 Å². The molecule has 0 heterocycles. The van der Waals surface area contributed by atoms with Gasteiger partial charge in [0.15, 0.2) is 0 Å². The molecular formula is C16H29N3O6S2. The van der Waals surface area contributed by atoms with Crippen molar-refractivity contribution in [1.82, 2.24) is 16.0 Å². The first-order valence-electron chi connectivity index (χ1n) is 8.50. The maximum Gasteiger partial charge on any atom is 0.407 e. The second-order valence-electron chi connectivity index (χ2n) is 6.46. The highest BCUT2D eigenvalue weighted by atomic mass is 33.1. The summed E-state index contributed by atoms with van der Waals surface area (Å²) in [5.41, 5.74) is -0.557. The molecule has 0 aliphatic carbocycles. The average Bonchev–Trinajstić information content (AvgIpc) is 2.54. The van der Waals surface area contributed by atoms with E-state index in [4.69, 9.17) is 9.84 Å². The zero-order valence-corrected chi connectivity index (χ0v) is 17.6. The summed E-state index contributed by atoms with van der Waals surface area (Å²) in [6.07, 6.45) is -0.548. The lowest BCUT2D eigenvalue weighted by Crippen LogP contribution is -2.35. The lowest BCUT2D eigenvalue weighted by Gasteiger charge is -2.23. The second-order valence-corrected chi connectivity index (χ2v) is 9.17. The highest BCUT2D eigenvalue weighted by molar-refractivity contribution is 8.76. The zero-order chi connectivity index (χ0) is 20.7. The quantitative estimate of drug-likeness (QED) is 0.242. The highest BCUT2D eigenvalue weighted by Crippen LogP contribution is 2.21. The number of amides is 3. The van der Waals surface area contributed by atoms with Crippen LogP contribution in [0.15, 0.2) is 0 Å². The lowest BCUT2D eigenvalue weighted by atomic mass is 9.90. The maximum atomic E-state index is 11.8. The molecule has 0 saturated carbocycles. The molecule has 0 aromatic carbocycles. The Morgan fingerprint density at radius 1 is 0.963 bits per heavy atom. The number of hydrogen-bond acceptors (Lipinski definition) is 7. The van der Waals surface area contributed by atoms with Gasteiger partial charge in [-0.25, -0.2) is 4.79 Å². The first kappa shape index (κ1) is 25.4. The van der Waals surface area contributed by atoms with Crippen molar-refractivity contribution < 1.29 is 29.0 Å². The Labute approximate surface area is 167 Å². The topological polar surface area (TPSA) is 134 Å². The summed E-state index contributed by atoms with van der Waals surface area (Å²) in [5, 5.41) is 16.4. The third kappa shape index (κ3) is 17.5. The van der Waals surface area contributed by atoms with Crippen LogP contribution >= 0.6 is 21.6 Å². The van der Waals surface area contributed by atoms with E-state index in [1.807, 2.05) is 0 Å². The molecule has 4 N–H and O–H groups in total. The van der Waals surface area contributed by atoms with Gasteiger partial charge in [0.25, 0.3) is 0 Å². The number of aliphatic carboxylic acids is 1. The van der Waals surface area contributed by atoms with Crippen molar-refractivity contribution in [2.45, 2.75) is 33.6 Å². The zero-order valence-electron chi connectivity index (χ0n) is 16.0. The van der Waals surface area contributed by atoms with Gasteiger partial charge < -0.3 is 25.8 Å². The van der Waals surface area contributed by atoms with Crippen LogP contribution in [0.3, 0.4) is 0 Å². The fraction of sp³-hybridized carbons (Fsp3) is 0.750. The standard InChI is InChI=1S/C16H29N3O6S2/c1-12(20)17-6-8-26-27-9-7-19-15(24)25-11-16(2,3)10-13(21)18-5-4-14(22)23/h4-11H2,1-3H3,(H,17,20)(H,18,21)(H,19,24)(H,22,23). The SMILES string of the molecule is CC(=O)NCCSSCCNC(=O)OCC(C)(C)CC(=O)NCCC(=O)O. The average molecular weight is 424 g/mol. The van der Waals surface area contributed by atoms with Crippen LogP contribution in [0.4, 0.5) is 4.79 Å². The molecule has 0 radical (unpaired) electrons. The number of carboxylic acid groups (broad SMARTS) is 1. The van der Waals surface area contributed by atoms with Crippen molar-refractivity contribution in [2.75, 3.05) is 37.7 Å². The summed E-state index contributed by atoms with van der Waals surface area (Å²) in [6, 6.07) is 0. The third-order valence-corrected chi connectivity index (χ3v) is 5.40. The molecule has 156 valence electrons. The van der Waals surface area contributed by atoms with Crippen LogP contribution in [0.2, 0.25) is 0 Å². The van der Waals surface area contributed by atoms with Crippen LogP contribution in [0.25, 0.3) is 0 Å². The number of carbonyl (C=O) groups excluding carboxylic acids is 3. The molecular weight excluding hydrogens is 394 g/mol. The summed E-state index contributed by atoms with van der Waals surface area (Å²) in [4.78, 5) is 44.5. The number of rotatable bonds is 14. The Morgan fingerprint density at radius 3 is 2.11 bits per heavy atom. The van der Waals surface area contributed by atoms with Gasteiger partial charge in [-0.1, -0.05) is 35.4 Å². The molecule has 0 aromatic rings. The molecule has 11 heteroatoms. The van der Waals surface area contributed by atoms with Crippen molar-refractivity contribution in [1.29, 1.82) is 0 Å². The number of nitrogens with one attached hydrogen (secondary N) is 3. The summed E-state index contributed by atoms with van der Waals surface area (Å²) < 4.78 is 5.13. The number of ether oxygens (including phenoxy) is 1. The molecule has 0 bridgehead atoms. The van der Waals surface area contributed by atoms with Crippen molar-refractivity contribution in [3.05, 3.63) is 0 Å². The van der Waals surface area contributed by atoms with Crippen molar-refractivity contribution >= 4 is 45.5 Å². The second kappa shape index (κ2) is 14.4. The molecule has 0 saturated heterocycles. The Bertz CT molecular complexity index is 503. The summed E-state index contributed by atoms with van der Waals surface area (Å²) in [7, 11) is 3.20. The Morgan fingerprint density at radius 2 is 1.56 bits per heavy atom. The highest BCUT2D eigenvalue weighted by Gasteiger charge is 2.24. The van der Waals surface area contributed by atoms with Crippen molar-refractivity contribution in [3.63, 3.8) is 0 Å². The predicted octanol–water partition coefficient (Wildman–Crippen LogP) is 1.24. The van der Waals surface area contributed by atoms with Gasteiger partial charge in [-0.2, -0.15) is 0 Å². The van der Waals surface area contributed by atoms with Crippen LogP contribution in [-0.2, 0) is 19.1 Å². The van der Waals surface area contributed by atoms with E-state index in [1.54, 1.807) is 35.4 Å². The van der Waals surface area contributed by atoms with Gasteiger partial charge in [-0.15, -0.1) is 0 Å². The minimum absolute atomic E-state index is 0.0503. The minimum Gasteiger partial charge on any atom is -0.481 e. The number of carboxylic acids is 1. The lowest BCUT2D eigenvalue weighted by molar-refractivity contribution is -0.137. The number of alkyl carbamates (subject to hydrolysis) is 1. The monoisotopic (exact) mass is 423 g/mol. The Balaban J connectivity index is 3.75. The van der Waals surface area contributed by atoms with Crippen LogP contribution in [0, 0.1) is 5.41 Å². The van der Waals surface area contributed by atoms with E-state index >= 15 is 0 Å². The largest absolute Gasteiger partial charge is 0.481 e. The maximum absolute atomic E-state index is 11.8. The predicted molar refractivity (Wildman–Crippen MR) is 107 cm³/mol. The molecule has 0 aliphatic heterocycles. The number of carbonyl (C=O) groups is 4. The fourth-order valence-corrected chi connectivity index (χ4v) is 3.56. The Hall–Kier alpha value is -1.62. The first-order chi connectivity index (χ1) is 12.6. The van der Waals surface area contributed by atoms with E-state index < -0.39 is 17.5 Å². The smallest absolute Gasteiger partial charge is 0.407 e. The molecule has 0 spiro atoms. The van der Waals surface area contributed by atoms with E-state index in [2.05, 4.69) is 16.0 Å². The Kier molecular flexibility index (Phi) is 13.6. The molecule has 0 fully saturated rings. The summed E-state index contributed by atoms with van der Waals surface area (Å²) in [6.45, 7) is 6.27. The number of hydrogen-bond donors (Lipinski definition) is 4. The van der Waals surface area contributed by atoms with Crippen molar-refractivity contribution in [3.8, 4) is 0 Å². The van der Waals surface area contributed by atoms with E-state index in [-0.39, 0.29) is 37.8 Å². The fourth-order valence-electron chi connectivity index (χ4n) is 1.75. The normalized spacial score (nSPS) is 10.8. The molecule has 0 rings (SSSR count). The van der Waals surface area contributed by atoms with Crippen LogP contribution < -0.4 is 16.0 Å². The molecule has 0 unspecified atom stereocenters. The van der Waals surface area contributed by atoms with Gasteiger partial charge in [0, 0.05) is 49.9 Å². The van der Waals surface area contributed by atoms with Gasteiger partial charge in [0.1, 0.15) is 0 Å². The van der Waals surface area contributed by atoms with Crippen LogP contribution in [0.5, 0.6) is 0 Å². The van der Waals surface area contributed by atoms with Crippen LogP contribution in [0.1, 0.15) is 33.6 Å². The minimum atomic E-state index is -0.973. The van der Waals surface area contributed by atoms with Crippen LogP contribution in [-0.4, -0.2) is 66.7 Å². The van der Waals surface area contributed by atoms with Gasteiger partial charge >= 0.3 is 12.1 Å². The van der Waals surface area contributed by atoms with Gasteiger partial charge in [0.05, 0.1) is 13.0 Å². The molecule has 0 aromatic heterocycles. The van der Waals surface area contributed by atoms with Gasteiger partial charge in [-0.05, 0) is 0 Å². The molecule has 0 atom stereocenters. The van der Waals surface area contributed by atoms with E-state index in [9.17, 15) is 19.2 Å². The first-order valence-corrected chi connectivity index (χ1v) is 11.0. The van der Waals surface area contributed by atoms with E-state index in [0.29, 0.717) is 18.8 Å². The molecule has 0 aliphatic rings. The molecule has 9 nitrogen and oxygen atoms in total. The van der Waals surface area contributed by atoms with E-state index in [1.165, 1.54) is 6.92 Å².